The van der Waals surface area contributed by atoms with E-state index in [0.29, 0.717) is 11.7 Å². The van der Waals surface area contributed by atoms with Gasteiger partial charge in [-0.25, -0.2) is 4.39 Å². The molecule has 2 rings (SSSR count). The first-order chi connectivity index (χ1) is 7.16. The zero-order chi connectivity index (χ0) is 10.8. The minimum absolute atomic E-state index is 0.241. The number of aromatic nitrogens is 3. The third-order valence-corrected chi connectivity index (χ3v) is 2.52. The largest absolute Gasteiger partial charge is 0.305 e. The van der Waals surface area contributed by atoms with E-state index in [1.54, 1.807) is 23.7 Å². The third kappa shape index (κ3) is 2.15. The van der Waals surface area contributed by atoms with E-state index >= 15 is 0 Å². The summed E-state index contributed by atoms with van der Waals surface area (Å²) < 4.78 is 14.4. The lowest BCUT2D eigenvalue weighted by Crippen LogP contribution is -1.99. The highest BCUT2D eigenvalue weighted by Crippen LogP contribution is 2.11. The van der Waals surface area contributed by atoms with Crippen molar-refractivity contribution in [2.45, 2.75) is 6.42 Å². The summed E-state index contributed by atoms with van der Waals surface area (Å²) in [6.07, 6.45) is 0.594. The quantitative estimate of drug-likeness (QED) is 0.785. The second-order valence-electron chi connectivity index (χ2n) is 3.25. The van der Waals surface area contributed by atoms with E-state index in [0.717, 1.165) is 11.4 Å². The molecule has 1 aromatic carbocycles. The molecule has 0 fully saturated rings. The van der Waals surface area contributed by atoms with Gasteiger partial charge in [0.15, 0.2) is 0 Å². The van der Waals surface area contributed by atoms with Crippen molar-refractivity contribution in [3.05, 3.63) is 46.8 Å². The predicted octanol–water partition coefficient (Wildman–Crippen LogP) is 2.20. The van der Waals surface area contributed by atoms with Crippen molar-refractivity contribution < 1.29 is 4.39 Å². The molecule has 1 heterocycles. The second-order valence-corrected chi connectivity index (χ2v) is 3.59. The van der Waals surface area contributed by atoms with Crippen LogP contribution in [0.15, 0.2) is 24.3 Å². The maximum absolute atomic E-state index is 12.7. The van der Waals surface area contributed by atoms with Gasteiger partial charge < -0.3 is 4.57 Å². The van der Waals surface area contributed by atoms with Crippen LogP contribution in [0.5, 0.6) is 0 Å². The van der Waals surface area contributed by atoms with Crippen LogP contribution < -0.4 is 0 Å². The summed E-state index contributed by atoms with van der Waals surface area (Å²) in [6.45, 7) is 0. The van der Waals surface area contributed by atoms with Crippen molar-refractivity contribution in [1.82, 2.24) is 14.8 Å². The van der Waals surface area contributed by atoms with Gasteiger partial charge in [-0.15, -0.1) is 10.2 Å². The molecule has 3 nitrogen and oxygen atoms in total. The van der Waals surface area contributed by atoms with E-state index < -0.39 is 0 Å². The molecule has 0 saturated heterocycles. The maximum Gasteiger partial charge on any atom is 0.224 e. The highest BCUT2D eigenvalue weighted by Gasteiger charge is 2.06. The molecule has 78 valence electrons. The van der Waals surface area contributed by atoms with Crippen LogP contribution in [0.2, 0.25) is 5.28 Å². The number of benzene rings is 1. The topological polar surface area (TPSA) is 30.7 Å². The Morgan fingerprint density at radius 2 is 1.93 bits per heavy atom. The molecule has 0 bridgehead atoms. The predicted molar refractivity (Wildman–Crippen MR) is 55.2 cm³/mol. The number of hydrogen-bond acceptors (Lipinski definition) is 2. The lowest BCUT2D eigenvalue weighted by Gasteiger charge is -2.01. The molecule has 5 heteroatoms. The van der Waals surface area contributed by atoms with Crippen molar-refractivity contribution in [1.29, 1.82) is 0 Å². The molecule has 0 aliphatic carbocycles. The summed E-state index contributed by atoms with van der Waals surface area (Å²) in [6, 6.07) is 6.29. The zero-order valence-electron chi connectivity index (χ0n) is 8.11. The van der Waals surface area contributed by atoms with E-state index in [1.807, 2.05) is 0 Å². The average Bonchev–Trinajstić information content (AvgIpc) is 2.53. The van der Waals surface area contributed by atoms with Crippen LogP contribution in [0.25, 0.3) is 0 Å². The van der Waals surface area contributed by atoms with Crippen LogP contribution >= 0.6 is 11.6 Å². The minimum Gasteiger partial charge on any atom is -0.305 e. The summed E-state index contributed by atoms with van der Waals surface area (Å²) in [7, 11) is 1.79. The van der Waals surface area contributed by atoms with Gasteiger partial charge >= 0.3 is 0 Å². The summed E-state index contributed by atoms with van der Waals surface area (Å²) in [5, 5.41) is 8.01. The lowest BCUT2D eigenvalue weighted by molar-refractivity contribution is 0.627. The highest BCUT2D eigenvalue weighted by atomic mass is 35.5. The monoisotopic (exact) mass is 225 g/mol. The first-order valence-electron chi connectivity index (χ1n) is 4.45. The van der Waals surface area contributed by atoms with Crippen molar-refractivity contribution in [2.24, 2.45) is 7.05 Å². The van der Waals surface area contributed by atoms with Crippen molar-refractivity contribution >= 4 is 11.6 Å². The fourth-order valence-corrected chi connectivity index (χ4v) is 1.41. The van der Waals surface area contributed by atoms with Gasteiger partial charge in [-0.2, -0.15) is 0 Å². The zero-order valence-corrected chi connectivity index (χ0v) is 8.87. The van der Waals surface area contributed by atoms with Crippen molar-refractivity contribution in [2.75, 3.05) is 0 Å². The van der Waals surface area contributed by atoms with E-state index in [9.17, 15) is 4.39 Å². The average molecular weight is 226 g/mol. The van der Waals surface area contributed by atoms with Crippen LogP contribution in [-0.4, -0.2) is 14.8 Å². The van der Waals surface area contributed by atoms with Gasteiger partial charge in [-0.3, -0.25) is 0 Å². The van der Waals surface area contributed by atoms with Gasteiger partial charge in [0.2, 0.25) is 5.28 Å². The van der Waals surface area contributed by atoms with Gasteiger partial charge in [-0.1, -0.05) is 12.1 Å². The second kappa shape index (κ2) is 3.98. The van der Waals surface area contributed by atoms with E-state index in [2.05, 4.69) is 10.2 Å². The molecule has 0 saturated carbocycles. The Kier molecular flexibility index (Phi) is 2.68. The molecule has 0 aliphatic heterocycles. The normalized spacial score (nSPS) is 10.6. The Morgan fingerprint density at radius 3 is 2.47 bits per heavy atom. The highest BCUT2D eigenvalue weighted by molar-refractivity contribution is 6.28. The fourth-order valence-electron chi connectivity index (χ4n) is 1.28. The van der Waals surface area contributed by atoms with E-state index in [1.165, 1.54) is 12.1 Å². The van der Waals surface area contributed by atoms with E-state index in [4.69, 9.17) is 11.6 Å². The fraction of sp³-hybridized carbons (Fsp3) is 0.200. The molecular formula is C10H9ClFN3. The maximum atomic E-state index is 12.7. The molecule has 0 unspecified atom stereocenters. The SMILES string of the molecule is Cn1c(Cl)nnc1Cc1ccc(F)cc1. The van der Waals surface area contributed by atoms with E-state index in [-0.39, 0.29) is 5.82 Å². The standard InChI is InChI=1S/C10H9ClFN3/c1-15-9(13-14-10(15)11)6-7-2-4-8(12)5-3-7/h2-5H,6H2,1H3. The van der Waals surface area contributed by atoms with Crippen LogP contribution in [-0.2, 0) is 13.5 Å². The van der Waals surface area contributed by atoms with Crippen LogP contribution in [0.1, 0.15) is 11.4 Å². The van der Waals surface area contributed by atoms with Crippen molar-refractivity contribution in [3.8, 4) is 0 Å². The summed E-state index contributed by atoms with van der Waals surface area (Å²) >= 11 is 5.75. The van der Waals surface area contributed by atoms with Gasteiger partial charge in [-0.05, 0) is 29.3 Å². The molecule has 0 N–H and O–H groups in total. The smallest absolute Gasteiger partial charge is 0.224 e. The first kappa shape index (κ1) is 10.1. The molecule has 0 amide bonds. The summed E-state index contributed by atoms with van der Waals surface area (Å²) in [5.41, 5.74) is 0.976. The molecule has 2 aromatic rings. The number of hydrogen-bond donors (Lipinski definition) is 0. The molecule has 0 radical (unpaired) electrons. The Balaban J connectivity index is 2.22. The summed E-state index contributed by atoms with van der Waals surface area (Å²) in [4.78, 5) is 0. The van der Waals surface area contributed by atoms with Crippen LogP contribution in [0.4, 0.5) is 4.39 Å². The van der Waals surface area contributed by atoms with Gasteiger partial charge in [0.05, 0.1) is 0 Å². The Bertz CT molecular complexity index is 464. The molecular weight excluding hydrogens is 217 g/mol. The Morgan fingerprint density at radius 1 is 1.27 bits per heavy atom. The number of halogens is 2. The molecule has 15 heavy (non-hydrogen) atoms. The van der Waals surface area contributed by atoms with Crippen molar-refractivity contribution in [3.63, 3.8) is 0 Å². The number of rotatable bonds is 2. The van der Waals surface area contributed by atoms with Gasteiger partial charge in [0, 0.05) is 13.5 Å². The molecule has 0 aliphatic rings. The summed E-state index contributed by atoms with van der Waals surface area (Å²) in [5.74, 6) is 0.515. The number of nitrogens with zero attached hydrogens (tertiary/aromatic N) is 3. The van der Waals surface area contributed by atoms with Crippen LogP contribution in [0.3, 0.4) is 0 Å². The minimum atomic E-state index is -0.241. The van der Waals surface area contributed by atoms with Crippen LogP contribution in [0, 0.1) is 5.82 Å². The van der Waals surface area contributed by atoms with Gasteiger partial charge in [0.1, 0.15) is 11.6 Å². The third-order valence-electron chi connectivity index (χ3n) is 2.19. The Labute approximate surface area is 91.5 Å². The first-order valence-corrected chi connectivity index (χ1v) is 4.83. The lowest BCUT2D eigenvalue weighted by atomic mass is 10.1. The van der Waals surface area contributed by atoms with Gasteiger partial charge in [0.25, 0.3) is 0 Å². The Hall–Kier alpha value is -1.42. The molecule has 0 spiro atoms. The molecule has 1 aromatic heterocycles. The molecule has 0 atom stereocenters.